The standard InChI is InChI=1S/C32H52N4O7/c1-9-11-16-33-28(39)22(3)17-26(37)24(34-29(40)43-31(4,5)6)18-32(7,8)19-27(38)36-21-35(30(41)42-10-2)20-23-14-12-13-15-25(23)36/h12-15,22,24,26,37H,9-11,16-21H2,1-8H3,(H,33,39)(H,34,40)/t22-,24+,26+/m1/s1. The van der Waals surface area contributed by atoms with Gasteiger partial charge in [-0.1, -0.05) is 52.3 Å². The number of para-hydroxylation sites is 1. The average molecular weight is 605 g/mol. The summed E-state index contributed by atoms with van der Waals surface area (Å²) in [5.74, 6) is -0.855. The lowest BCUT2D eigenvalue weighted by molar-refractivity contribution is -0.125. The molecular formula is C32H52N4O7. The van der Waals surface area contributed by atoms with Crippen LogP contribution in [0, 0.1) is 11.3 Å². The Labute approximate surface area is 256 Å². The van der Waals surface area contributed by atoms with Gasteiger partial charge in [0.2, 0.25) is 11.8 Å². The van der Waals surface area contributed by atoms with Gasteiger partial charge in [-0.2, -0.15) is 0 Å². The molecule has 2 rings (SSSR count). The van der Waals surface area contributed by atoms with Crippen molar-refractivity contribution in [2.75, 3.05) is 24.7 Å². The molecule has 1 aromatic rings. The van der Waals surface area contributed by atoms with E-state index in [0.717, 1.165) is 24.1 Å². The Hall–Kier alpha value is -3.34. The lowest BCUT2D eigenvalue weighted by atomic mass is 9.79. The van der Waals surface area contributed by atoms with E-state index in [0.29, 0.717) is 13.1 Å². The second kappa shape index (κ2) is 15.9. The van der Waals surface area contributed by atoms with Crippen LogP contribution in [0.25, 0.3) is 0 Å². The van der Waals surface area contributed by atoms with E-state index in [1.807, 2.05) is 45.0 Å². The van der Waals surface area contributed by atoms with Crippen LogP contribution in [0.4, 0.5) is 15.3 Å². The van der Waals surface area contributed by atoms with Gasteiger partial charge in [-0.3, -0.25) is 19.4 Å². The van der Waals surface area contributed by atoms with Gasteiger partial charge in [0.05, 0.1) is 31.0 Å². The van der Waals surface area contributed by atoms with Crippen LogP contribution in [0.5, 0.6) is 0 Å². The number of aliphatic hydroxyl groups is 1. The van der Waals surface area contributed by atoms with E-state index in [1.54, 1.807) is 39.5 Å². The summed E-state index contributed by atoms with van der Waals surface area (Å²) in [4.78, 5) is 54.7. The Morgan fingerprint density at radius 3 is 2.37 bits per heavy atom. The van der Waals surface area contributed by atoms with Crippen molar-refractivity contribution in [3.05, 3.63) is 29.8 Å². The zero-order valence-electron chi connectivity index (χ0n) is 27.2. The van der Waals surface area contributed by atoms with Crippen molar-refractivity contribution >= 4 is 29.7 Å². The Kier molecular flexibility index (Phi) is 13.3. The number of nitrogens with zero attached hydrogens (tertiary/aromatic N) is 2. The van der Waals surface area contributed by atoms with Gasteiger partial charge < -0.3 is 25.2 Å². The van der Waals surface area contributed by atoms with Gasteiger partial charge in [-0.05, 0) is 64.0 Å². The summed E-state index contributed by atoms with van der Waals surface area (Å²) in [7, 11) is 0. The molecule has 4 amide bonds. The molecule has 1 aliphatic heterocycles. The van der Waals surface area contributed by atoms with Gasteiger partial charge in [0.25, 0.3) is 0 Å². The minimum absolute atomic E-state index is 0.0532. The fourth-order valence-electron chi connectivity index (χ4n) is 5.07. The van der Waals surface area contributed by atoms with Crippen molar-refractivity contribution in [2.45, 2.75) is 112 Å². The molecule has 1 aliphatic rings. The van der Waals surface area contributed by atoms with Gasteiger partial charge in [0, 0.05) is 18.9 Å². The molecule has 0 aliphatic carbocycles. The summed E-state index contributed by atoms with van der Waals surface area (Å²) >= 11 is 0. The van der Waals surface area contributed by atoms with Gasteiger partial charge in [-0.15, -0.1) is 0 Å². The average Bonchev–Trinajstić information content (AvgIpc) is 2.90. The highest BCUT2D eigenvalue weighted by atomic mass is 16.6. The number of rotatable bonds is 13. The Bertz CT molecular complexity index is 1100. The molecule has 3 atom stereocenters. The van der Waals surface area contributed by atoms with Crippen molar-refractivity contribution in [1.82, 2.24) is 15.5 Å². The third-order valence-corrected chi connectivity index (χ3v) is 7.22. The topological polar surface area (TPSA) is 138 Å². The van der Waals surface area contributed by atoms with Crippen molar-refractivity contribution < 1.29 is 33.8 Å². The number of benzene rings is 1. The number of fused-ring (bicyclic) bond motifs is 1. The summed E-state index contributed by atoms with van der Waals surface area (Å²) < 4.78 is 10.6. The highest BCUT2D eigenvalue weighted by Crippen LogP contribution is 2.34. The Morgan fingerprint density at radius 2 is 1.74 bits per heavy atom. The zero-order chi connectivity index (χ0) is 32.4. The lowest BCUT2D eigenvalue weighted by Gasteiger charge is -2.39. The SMILES string of the molecule is CCCCNC(=O)[C@H](C)C[C@H](O)[C@H](CC(C)(C)CC(=O)N1CN(C(=O)OCC)Cc2ccccc21)NC(=O)OC(C)(C)C. The van der Waals surface area contributed by atoms with E-state index in [9.17, 15) is 24.3 Å². The molecule has 0 bridgehead atoms. The number of hydrogen-bond donors (Lipinski definition) is 3. The van der Waals surface area contributed by atoms with Crippen molar-refractivity contribution in [3.63, 3.8) is 0 Å². The first-order valence-electron chi connectivity index (χ1n) is 15.3. The number of aliphatic hydroxyl groups excluding tert-OH is 1. The van der Waals surface area contributed by atoms with Crippen LogP contribution in [0.3, 0.4) is 0 Å². The molecular weight excluding hydrogens is 552 g/mol. The molecule has 11 heteroatoms. The van der Waals surface area contributed by atoms with Crippen LogP contribution in [-0.2, 0) is 25.6 Å². The summed E-state index contributed by atoms with van der Waals surface area (Å²) in [5, 5.41) is 16.9. The molecule has 0 saturated carbocycles. The number of unbranched alkanes of at least 4 members (excludes halogenated alkanes) is 1. The summed E-state index contributed by atoms with van der Waals surface area (Å²) in [6.45, 7) is 15.7. The summed E-state index contributed by atoms with van der Waals surface area (Å²) in [5.41, 5.74) is 0.129. The summed E-state index contributed by atoms with van der Waals surface area (Å²) in [6.07, 6.45) is 0.00699. The fraction of sp³-hybridized carbons (Fsp3) is 0.688. The van der Waals surface area contributed by atoms with Gasteiger partial charge in [0.15, 0.2) is 0 Å². The molecule has 0 fully saturated rings. The number of carbonyl (C=O) groups is 4. The van der Waals surface area contributed by atoms with E-state index < -0.39 is 41.3 Å². The maximum absolute atomic E-state index is 13.8. The third-order valence-electron chi connectivity index (χ3n) is 7.22. The number of hydrogen-bond acceptors (Lipinski definition) is 7. The summed E-state index contributed by atoms with van der Waals surface area (Å²) in [6, 6.07) is 6.66. The molecule has 43 heavy (non-hydrogen) atoms. The lowest BCUT2D eigenvalue weighted by Crippen LogP contribution is -2.50. The second-order valence-corrected chi connectivity index (χ2v) is 13.1. The van der Waals surface area contributed by atoms with Crippen molar-refractivity contribution in [1.29, 1.82) is 0 Å². The Morgan fingerprint density at radius 1 is 1.07 bits per heavy atom. The van der Waals surface area contributed by atoms with E-state index in [1.165, 1.54) is 4.90 Å². The fourth-order valence-corrected chi connectivity index (χ4v) is 5.07. The number of amides is 4. The van der Waals surface area contributed by atoms with Gasteiger partial charge >= 0.3 is 12.2 Å². The Balaban J connectivity index is 2.22. The minimum atomic E-state index is -1.07. The maximum atomic E-state index is 13.8. The molecule has 0 aromatic heterocycles. The molecule has 242 valence electrons. The highest BCUT2D eigenvalue weighted by Gasteiger charge is 2.37. The van der Waals surface area contributed by atoms with E-state index in [-0.39, 0.29) is 44.4 Å². The molecule has 0 saturated heterocycles. The van der Waals surface area contributed by atoms with Crippen molar-refractivity contribution in [2.24, 2.45) is 11.3 Å². The number of carbonyl (C=O) groups excluding carboxylic acids is 4. The third kappa shape index (κ3) is 11.7. The molecule has 11 nitrogen and oxygen atoms in total. The van der Waals surface area contributed by atoms with Crippen molar-refractivity contribution in [3.8, 4) is 0 Å². The van der Waals surface area contributed by atoms with Gasteiger partial charge in [-0.25, -0.2) is 9.59 Å². The molecule has 0 radical (unpaired) electrons. The second-order valence-electron chi connectivity index (χ2n) is 13.1. The number of ether oxygens (including phenoxy) is 2. The smallest absolute Gasteiger partial charge is 0.411 e. The first kappa shape index (κ1) is 35.9. The first-order valence-corrected chi connectivity index (χ1v) is 15.3. The number of anilines is 1. The zero-order valence-corrected chi connectivity index (χ0v) is 27.2. The minimum Gasteiger partial charge on any atom is -0.450 e. The van der Waals surface area contributed by atoms with Crippen LogP contribution in [-0.4, -0.2) is 71.6 Å². The number of alkyl carbamates (subject to hydrolysis) is 1. The first-order chi connectivity index (χ1) is 20.1. The number of nitrogens with one attached hydrogen (secondary N) is 2. The molecule has 3 N–H and O–H groups in total. The van der Waals surface area contributed by atoms with Crippen LogP contribution >= 0.6 is 0 Å². The van der Waals surface area contributed by atoms with Gasteiger partial charge in [0.1, 0.15) is 12.3 Å². The predicted molar refractivity (Wildman–Crippen MR) is 165 cm³/mol. The van der Waals surface area contributed by atoms with E-state index >= 15 is 0 Å². The quantitative estimate of drug-likeness (QED) is 0.271. The highest BCUT2D eigenvalue weighted by molar-refractivity contribution is 5.95. The maximum Gasteiger partial charge on any atom is 0.411 e. The van der Waals surface area contributed by atoms with E-state index in [4.69, 9.17) is 9.47 Å². The molecule has 0 unspecified atom stereocenters. The molecule has 1 heterocycles. The van der Waals surface area contributed by atoms with E-state index in [2.05, 4.69) is 10.6 Å². The molecule has 1 aromatic carbocycles. The van der Waals surface area contributed by atoms with Crippen LogP contribution in [0.1, 0.15) is 93.1 Å². The monoisotopic (exact) mass is 604 g/mol. The van der Waals surface area contributed by atoms with Crippen LogP contribution < -0.4 is 15.5 Å². The predicted octanol–water partition coefficient (Wildman–Crippen LogP) is 4.95. The normalized spacial score (nSPS) is 15.6. The molecule has 0 spiro atoms. The van der Waals surface area contributed by atoms with Crippen LogP contribution in [0.15, 0.2) is 24.3 Å². The van der Waals surface area contributed by atoms with Crippen LogP contribution in [0.2, 0.25) is 0 Å². The largest absolute Gasteiger partial charge is 0.450 e.